The molecule has 1 atom stereocenters. The Balaban J connectivity index is 3.75. The van der Waals surface area contributed by atoms with Gasteiger partial charge in [-0.15, -0.1) is 0 Å². The Bertz CT molecular complexity index is 279. The smallest absolute Gasteiger partial charge is 0.247 e. The van der Waals surface area contributed by atoms with Gasteiger partial charge in [-0.1, -0.05) is 19.0 Å². The maximum Gasteiger partial charge on any atom is 0.247 e. The number of nitrogens with two attached hydrogens (primary N) is 2. The Morgan fingerprint density at radius 1 is 1.47 bits per heavy atom. The van der Waals surface area contributed by atoms with Crippen LogP contribution in [0.3, 0.4) is 0 Å². The lowest BCUT2D eigenvalue weighted by atomic mass is 9.86. The molecule has 0 fully saturated rings. The average molecular weight is 246 g/mol. The van der Waals surface area contributed by atoms with Crippen LogP contribution in [0.25, 0.3) is 0 Å². The first-order valence-corrected chi connectivity index (χ1v) is 5.47. The standard InChI is InChI=1S/C10H22N4O3/c1-10(2,9(12)14-17)4-3-5-13-6-7(15)8(11)16/h7,13,15,17H,3-6H2,1-2H3,(H2,11,16)(H2,12,14). The third-order valence-electron chi connectivity index (χ3n) is 2.62. The number of primary amides is 1. The SMILES string of the molecule is CC(C)(CCCNCC(O)C(N)=O)C(N)=NO. The van der Waals surface area contributed by atoms with E-state index in [9.17, 15) is 4.79 Å². The number of amides is 1. The zero-order chi connectivity index (χ0) is 13.5. The summed E-state index contributed by atoms with van der Waals surface area (Å²) >= 11 is 0. The van der Waals surface area contributed by atoms with Gasteiger partial charge in [0.15, 0.2) is 0 Å². The predicted molar refractivity (Wildman–Crippen MR) is 64.5 cm³/mol. The Labute approximate surface area is 101 Å². The second-order valence-corrected chi connectivity index (χ2v) is 4.59. The largest absolute Gasteiger partial charge is 0.409 e. The van der Waals surface area contributed by atoms with Crippen LogP contribution in [0.2, 0.25) is 0 Å². The van der Waals surface area contributed by atoms with E-state index in [2.05, 4.69) is 10.5 Å². The summed E-state index contributed by atoms with van der Waals surface area (Å²) in [6.07, 6.45) is 0.337. The van der Waals surface area contributed by atoms with Crippen molar-refractivity contribution >= 4 is 11.7 Å². The number of carbonyl (C=O) groups excluding carboxylic acids is 1. The summed E-state index contributed by atoms with van der Waals surface area (Å²) in [4.78, 5) is 10.5. The van der Waals surface area contributed by atoms with E-state index in [4.69, 9.17) is 21.8 Å². The number of oxime groups is 1. The molecule has 0 aromatic carbocycles. The van der Waals surface area contributed by atoms with Gasteiger partial charge in [0.1, 0.15) is 11.9 Å². The van der Waals surface area contributed by atoms with Crippen LogP contribution in [0.4, 0.5) is 0 Å². The molecule has 17 heavy (non-hydrogen) atoms. The second-order valence-electron chi connectivity index (χ2n) is 4.59. The van der Waals surface area contributed by atoms with Crippen molar-refractivity contribution in [1.29, 1.82) is 0 Å². The van der Waals surface area contributed by atoms with Crippen LogP contribution in [0.1, 0.15) is 26.7 Å². The summed E-state index contributed by atoms with van der Waals surface area (Å²) in [6.45, 7) is 4.51. The molecule has 0 saturated heterocycles. The Morgan fingerprint density at radius 2 is 2.06 bits per heavy atom. The monoisotopic (exact) mass is 246 g/mol. The summed E-state index contributed by atoms with van der Waals surface area (Å²) in [5, 5.41) is 23.6. The fourth-order valence-electron chi connectivity index (χ4n) is 1.26. The number of rotatable bonds is 8. The van der Waals surface area contributed by atoms with Gasteiger partial charge >= 0.3 is 0 Å². The minimum absolute atomic E-state index is 0.138. The minimum Gasteiger partial charge on any atom is -0.409 e. The molecule has 0 bridgehead atoms. The second kappa shape index (κ2) is 7.08. The topological polar surface area (TPSA) is 134 Å². The Morgan fingerprint density at radius 3 is 2.53 bits per heavy atom. The summed E-state index contributed by atoms with van der Waals surface area (Å²) in [5.74, 6) is -0.552. The van der Waals surface area contributed by atoms with Gasteiger partial charge < -0.3 is 27.1 Å². The zero-order valence-electron chi connectivity index (χ0n) is 10.3. The molecule has 1 unspecified atom stereocenters. The lowest BCUT2D eigenvalue weighted by Crippen LogP contribution is -2.38. The van der Waals surface area contributed by atoms with E-state index in [1.54, 1.807) is 0 Å². The normalized spacial score (nSPS) is 14.6. The molecule has 0 aliphatic heterocycles. The van der Waals surface area contributed by atoms with Crippen molar-refractivity contribution in [3.8, 4) is 0 Å². The Hall–Kier alpha value is -1.34. The molecule has 0 heterocycles. The first-order valence-electron chi connectivity index (χ1n) is 5.47. The van der Waals surface area contributed by atoms with E-state index in [-0.39, 0.29) is 17.8 Å². The molecule has 0 saturated carbocycles. The van der Waals surface area contributed by atoms with Crippen LogP contribution < -0.4 is 16.8 Å². The van der Waals surface area contributed by atoms with Crippen molar-refractivity contribution in [2.75, 3.05) is 13.1 Å². The molecule has 0 rings (SSSR count). The highest BCUT2D eigenvalue weighted by Crippen LogP contribution is 2.21. The fourth-order valence-corrected chi connectivity index (χ4v) is 1.26. The number of amidine groups is 1. The average Bonchev–Trinajstić information content (AvgIpc) is 2.26. The van der Waals surface area contributed by atoms with Crippen molar-refractivity contribution in [2.24, 2.45) is 22.0 Å². The molecule has 7 nitrogen and oxygen atoms in total. The molecule has 7 heteroatoms. The fraction of sp³-hybridized carbons (Fsp3) is 0.800. The first-order chi connectivity index (χ1) is 7.81. The number of carbonyl (C=O) groups is 1. The number of aliphatic hydroxyl groups is 1. The van der Waals surface area contributed by atoms with E-state index >= 15 is 0 Å². The molecule has 7 N–H and O–H groups in total. The maximum atomic E-state index is 10.5. The van der Waals surface area contributed by atoms with E-state index in [1.165, 1.54) is 0 Å². The molecule has 0 aliphatic carbocycles. The molecule has 0 aliphatic rings. The van der Waals surface area contributed by atoms with Gasteiger partial charge in [0.05, 0.1) is 0 Å². The van der Waals surface area contributed by atoms with Gasteiger partial charge in [-0.05, 0) is 19.4 Å². The van der Waals surface area contributed by atoms with Crippen LogP contribution in [0.5, 0.6) is 0 Å². The van der Waals surface area contributed by atoms with Crippen LogP contribution in [0, 0.1) is 5.41 Å². The molecular formula is C10H22N4O3. The van der Waals surface area contributed by atoms with Crippen molar-refractivity contribution in [3.05, 3.63) is 0 Å². The van der Waals surface area contributed by atoms with Crippen LogP contribution >= 0.6 is 0 Å². The number of nitrogens with one attached hydrogen (secondary N) is 1. The Kier molecular flexibility index (Phi) is 6.52. The van der Waals surface area contributed by atoms with Gasteiger partial charge in [-0.25, -0.2) is 0 Å². The van der Waals surface area contributed by atoms with Crippen molar-refractivity contribution < 1.29 is 15.1 Å². The molecule has 0 aromatic heterocycles. The molecule has 0 spiro atoms. The molecular weight excluding hydrogens is 224 g/mol. The maximum absolute atomic E-state index is 10.5. The quantitative estimate of drug-likeness (QED) is 0.123. The van der Waals surface area contributed by atoms with Crippen molar-refractivity contribution in [2.45, 2.75) is 32.8 Å². The van der Waals surface area contributed by atoms with E-state index in [1.807, 2.05) is 13.8 Å². The third kappa shape index (κ3) is 6.08. The molecule has 100 valence electrons. The first kappa shape index (κ1) is 15.7. The summed E-state index contributed by atoms with van der Waals surface area (Å²) in [7, 11) is 0. The number of nitrogens with zero attached hydrogens (tertiary/aromatic N) is 1. The van der Waals surface area contributed by atoms with Crippen LogP contribution in [-0.4, -0.2) is 41.3 Å². The third-order valence-corrected chi connectivity index (χ3v) is 2.62. The number of aliphatic hydroxyl groups excluding tert-OH is 1. The van der Waals surface area contributed by atoms with Gasteiger partial charge in [0.2, 0.25) is 5.91 Å². The highest BCUT2D eigenvalue weighted by Gasteiger charge is 2.22. The lowest BCUT2D eigenvalue weighted by Gasteiger charge is -2.22. The van der Waals surface area contributed by atoms with E-state index in [0.29, 0.717) is 6.54 Å². The van der Waals surface area contributed by atoms with E-state index in [0.717, 1.165) is 12.8 Å². The van der Waals surface area contributed by atoms with Gasteiger partial charge in [0, 0.05) is 12.0 Å². The number of hydrogen-bond donors (Lipinski definition) is 5. The number of hydrogen-bond acceptors (Lipinski definition) is 5. The predicted octanol–water partition coefficient (Wildman–Crippen LogP) is -1.02. The van der Waals surface area contributed by atoms with E-state index < -0.39 is 12.0 Å². The van der Waals surface area contributed by atoms with Crippen LogP contribution in [0.15, 0.2) is 5.16 Å². The van der Waals surface area contributed by atoms with Gasteiger partial charge in [-0.3, -0.25) is 4.79 Å². The highest BCUT2D eigenvalue weighted by atomic mass is 16.4. The van der Waals surface area contributed by atoms with Crippen molar-refractivity contribution in [1.82, 2.24) is 5.32 Å². The van der Waals surface area contributed by atoms with Gasteiger partial charge in [0.25, 0.3) is 0 Å². The summed E-state index contributed by atoms with van der Waals surface area (Å²) < 4.78 is 0. The molecule has 0 aromatic rings. The lowest BCUT2D eigenvalue weighted by molar-refractivity contribution is -0.125. The summed E-state index contributed by atoms with van der Waals surface area (Å²) in [6, 6.07) is 0. The van der Waals surface area contributed by atoms with Crippen molar-refractivity contribution in [3.63, 3.8) is 0 Å². The highest BCUT2D eigenvalue weighted by molar-refractivity contribution is 5.85. The van der Waals surface area contributed by atoms with Crippen LogP contribution in [-0.2, 0) is 4.79 Å². The summed E-state index contributed by atoms with van der Waals surface area (Å²) in [5.41, 5.74) is 10.0. The molecule has 1 amide bonds. The zero-order valence-corrected chi connectivity index (χ0v) is 10.3. The van der Waals surface area contributed by atoms with Gasteiger partial charge in [-0.2, -0.15) is 0 Å². The molecule has 0 radical (unpaired) electrons. The minimum atomic E-state index is -1.16.